The van der Waals surface area contributed by atoms with E-state index in [0.29, 0.717) is 5.75 Å². The molecule has 0 saturated heterocycles. The van der Waals surface area contributed by atoms with E-state index < -0.39 is 11.6 Å². The van der Waals surface area contributed by atoms with E-state index in [9.17, 15) is 8.78 Å². The lowest BCUT2D eigenvalue weighted by molar-refractivity contribution is 0.417. The van der Waals surface area contributed by atoms with Crippen LogP contribution in [0.4, 0.5) is 8.78 Å². The number of pyridine rings is 1. The third kappa shape index (κ3) is 2.63. The van der Waals surface area contributed by atoms with Gasteiger partial charge in [0.05, 0.1) is 6.20 Å². The summed E-state index contributed by atoms with van der Waals surface area (Å²) in [5.41, 5.74) is 0. The summed E-state index contributed by atoms with van der Waals surface area (Å²) in [5.74, 6) is -1.38. The maximum absolute atomic E-state index is 13.5. The van der Waals surface area contributed by atoms with Crippen molar-refractivity contribution in [1.82, 2.24) is 4.98 Å². The highest BCUT2D eigenvalue weighted by molar-refractivity contribution is 9.10. The molecular weight excluding hydrogens is 328 g/mol. The Morgan fingerprint density at radius 3 is 2.50 bits per heavy atom. The molecule has 1 aromatic heterocycles. The molecule has 0 N–H and O–H groups in total. The second kappa shape index (κ2) is 5.17. The molecular formula is C15H8BrF2NO. The van der Waals surface area contributed by atoms with E-state index in [4.69, 9.17) is 4.74 Å². The predicted molar refractivity (Wildman–Crippen MR) is 75.9 cm³/mol. The summed E-state index contributed by atoms with van der Waals surface area (Å²) in [6.07, 6.45) is 0.913. The van der Waals surface area contributed by atoms with E-state index in [1.54, 1.807) is 12.1 Å². The molecule has 100 valence electrons. The quantitative estimate of drug-likeness (QED) is 0.652. The lowest BCUT2D eigenvalue weighted by Crippen LogP contribution is -1.93. The molecule has 5 heteroatoms. The highest BCUT2D eigenvalue weighted by Crippen LogP contribution is 2.27. The average Bonchev–Trinajstić information content (AvgIpc) is 2.42. The standard InChI is InChI=1S/C15H8BrF2NO/c16-11-3-1-10-6-13(4-2-9(10)5-11)20-15-14(18)7-12(17)8-19-15/h1-8H. The summed E-state index contributed by atoms with van der Waals surface area (Å²) in [6, 6.07) is 11.9. The summed E-state index contributed by atoms with van der Waals surface area (Å²) < 4.78 is 32.6. The number of rotatable bonds is 2. The zero-order valence-corrected chi connectivity index (χ0v) is 11.7. The monoisotopic (exact) mass is 335 g/mol. The van der Waals surface area contributed by atoms with Gasteiger partial charge in [-0.3, -0.25) is 0 Å². The Kier molecular flexibility index (Phi) is 3.36. The van der Waals surface area contributed by atoms with E-state index in [1.165, 1.54) is 0 Å². The van der Waals surface area contributed by atoms with Crippen molar-refractivity contribution in [2.45, 2.75) is 0 Å². The first-order valence-corrected chi connectivity index (χ1v) is 6.59. The van der Waals surface area contributed by atoms with Gasteiger partial charge in [0, 0.05) is 10.5 Å². The van der Waals surface area contributed by atoms with Gasteiger partial charge in [0.25, 0.3) is 5.88 Å². The van der Waals surface area contributed by atoms with E-state index in [-0.39, 0.29) is 5.88 Å². The van der Waals surface area contributed by atoms with Crippen LogP contribution in [-0.4, -0.2) is 4.98 Å². The minimum absolute atomic E-state index is 0.247. The number of aromatic nitrogens is 1. The highest BCUT2D eigenvalue weighted by Gasteiger charge is 2.08. The van der Waals surface area contributed by atoms with Gasteiger partial charge in [-0.05, 0) is 35.0 Å². The minimum Gasteiger partial charge on any atom is -0.436 e. The lowest BCUT2D eigenvalue weighted by atomic mass is 10.1. The molecule has 0 aliphatic carbocycles. The van der Waals surface area contributed by atoms with Crippen molar-refractivity contribution in [1.29, 1.82) is 0 Å². The SMILES string of the molecule is Fc1cnc(Oc2ccc3cc(Br)ccc3c2)c(F)c1. The van der Waals surface area contributed by atoms with Crippen molar-refractivity contribution in [3.05, 3.63) is 64.8 Å². The molecule has 3 rings (SSSR count). The fraction of sp³-hybridized carbons (Fsp3) is 0. The molecule has 1 heterocycles. The van der Waals surface area contributed by atoms with Crippen LogP contribution in [0, 0.1) is 11.6 Å². The van der Waals surface area contributed by atoms with Crippen molar-refractivity contribution >= 4 is 26.7 Å². The second-order valence-corrected chi connectivity index (χ2v) is 5.11. The van der Waals surface area contributed by atoms with Gasteiger partial charge in [0.15, 0.2) is 5.82 Å². The van der Waals surface area contributed by atoms with Crippen molar-refractivity contribution < 1.29 is 13.5 Å². The van der Waals surface area contributed by atoms with Crippen LogP contribution in [0.25, 0.3) is 10.8 Å². The van der Waals surface area contributed by atoms with Crippen molar-refractivity contribution in [3.63, 3.8) is 0 Å². The summed E-state index contributed by atoms with van der Waals surface area (Å²) in [4.78, 5) is 3.59. The van der Waals surface area contributed by atoms with Gasteiger partial charge in [-0.25, -0.2) is 13.8 Å². The first kappa shape index (κ1) is 13.0. The zero-order valence-electron chi connectivity index (χ0n) is 10.1. The molecule has 0 atom stereocenters. The third-order valence-corrected chi connectivity index (χ3v) is 3.26. The van der Waals surface area contributed by atoms with Gasteiger partial charge in [-0.2, -0.15) is 0 Å². The number of hydrogen-bond donors (Lipinski definition) is 0. The van der Waals surface area contributed by atoms with Crippen LogP contribution in [-0.2, 0) is 0 Å². The fourth-order valence-electron chi connectivity index (χ4n) is 1.85. The van der Waals surface area contributed by atoms with Crippen LogP contribution in [0.15, 0.2) is 53.1 Å². The van der Waals surface area contributed by atoms with Gasteiger partial charge < -0.3 is 4.74 Å². The fourth-order valence-corrected chi connectivity index (χ4v) is 2.23. The van der Waals surface area contributed by atoms with Crippen molar-refractivity contribution in [2.75, 3.05) is 0 Å². The number of halogens is 3. The third-order valence-electron chi connectivity index (χ3n) is 2.76. The number of benzene rings is 2. The minimum atomic E-state index is -0.832. The summed E-state index contributed by atoms with van der Waals surface area (Å²) in [7, 11) is 0. The molecule has 0 amide bonds. The Balaban J connectivity index is 1.96. The molecule has 0 radical (unpaired) electrons. The Bertz CT molecular complexity index is 792. The molecule has 0 unspecified atom stereocenters. The molecule has 0 spiro atoms. The molecule has 3 aromatic rings. The number of fused-ring (bicyclic) bond motifs is 1. The number of nitrogens with zero attached hydrogens (tertiary/aromatic N) is 1. The van der Waals surface area contributed by atoms with Crippen LogP contribution in [0.5, 0.6) is 11.6 Å². The molecule has 2 aromatic carbocycles. The van der Waals surface area contributed by atoms with Crippen molar-refractivity contribution in [3.8, 4) is 11.6 Å². The number of ether oxygens (including phenoxy) is 1. The van der Waals surface area contributed by atoms with E-state index in [0.717, 1.165) is 27.5 Å². The second-order valence-electron chi connectivity index (χ2n) is 4.20. The predicted octanol–water partition coefficient (Wildman–Crippen LogP) is 5.07. The smallest absolute Gasteiger partial charge is 0.256 e. The Morgan fingerprint density at radius 2 is 1.70 bits per heavy atom. The maximum Gasteiger partial charge on any atom is 0.256 e. The molecule has 0 bridgehead atoms. The first-order chi connectivity index (χ1) is 9.61. The van der Waals surface area contributed by atoms with Gasteiger partial charge >= 0.3 is 0 Å². The molecule has 20 heavy (non-hydrogen) atoms. The van der Waals surface area contributed by atoms with E-state index in [2.05, 4.69) is 20.9 Å². The normalized spacial score (nSPS) is 10.8. The van der Waals surface area contributed by atoms with Gasteiger partial charge in [-0.1, -0.05) is 28.1 Å². The van der Waals surface area contributed by atoms with E-state index >= 15 is 0 Å². The first-order valence-electron chi connectivity index (χ1n) is 5.80. The molecule has 2 nitrogen and oxygen atoms in total. The van der Waals surface area contributed by atoms with Crippen molar-refractivity contribution in [2.24, 2.45) is 0 Å². The Hall–Kier alpha value is -2.01. The maximum atomic E-state index is 13.5. The average molecular weight is 336 g/mol. The topological polar surface area (TPSA) is 22.1 Å². The summed E-state index contributed by atoms with van der Waals surface area (Å²) >= 11 is 3.39. The van der Waals surface area contributed by atoms with Crippen LogP contribution in [0.1, 0.15) is 0 Å². The molecule has 0 aliphatic rings. The van der Waals surface area contributed by atoms with Crippen LogP contribution in [0.2, 0.25) is 0 Å². The molecule has 0 saturated carbocycles. The van der Waals surface area contributed by atoms with E-state index in [1.807, 2.05) is 24.3 Å². The zero-order chi connectivity index (χ0) is 14.1. The molecule has 0 aliphatic heterocycles. The van der Waals surface area contributed by atoms with Gasteiger partial charge in [-0.15, -0.1) is 0 Å². The van der Waals surface area contributed by atoms with Crippen LogP contribution < -0.4 is 4.74 Å². The Morgan fingerprint density at radius 1 is 0.950 bits per heavy atom. The summed E-state index contributed by atoms with van der Waals surface area (Å²) in [6.45, 7) is 0. The van der Waals surface area contributed by atoms with Gasteiger partial charge in [0.1, 0.15) is 11.6 Å². The summed E-state index contributed by atoms with van der Waals surface area (Å²) in [5, 5.41) is 1.98. The van der Waals surface area contributed by atoms with Crippen LogP contribution in [0.3, 0.4) is 0 Å². The number of hydrogen-bond acceptors (Lipinski definition) is 2. The van der Waals surface area contributed by atoms with Crippen LogP contribution >= 0.6 is 15.9 Å². The largest absolute Gasteiger partial charge is 0.436 e. The van der Waals surface area contributed by atoms with Gasteiger partial charge in [0.2, 0.25) is 0 Å². The highest BCUT2D eigenvalue weighted by atomic mass is 79.9. The lowest BCUT2D eigenvalue weighted by Gasteiger charge is -2.07. The Labute approximate surface area is 122 Å². The molecule has 0 fully saturated rings.